The average molecular weight is 371 g/mol. The summed E-state index contributed by atoms with van der Waals surface area (Å²) in [5.41, 5.74) is 1.89. The molecule has 3 aromatic rings. The normalized spacial score (nSPS) is 24.3. The Labute approximate surface area is 150 Å². The quantitative estimate of drug-likeness (QED) is 0.703. The summed E-state index contributed by atoms with van der Waals surface area (Å²) in [5.74, 6) is 0.826. The van der Waals surface area contributed by atoms with E-state index in [1.54, 1.807) is 23.7 Å². The molecule has 25 heavy (non-hydrogen) atoms. The van der Waals surface area contributed by atoms with Gasteiger partial charge in [-0.25, -0.2) is 8.42 Å². The van der Waals surface area contributed by atoms with Gasteiger partial charge in [0.25, 0.3) is 0 Å². The van der Waals surface area contributed by atoms with E-state index in [1.807, 2.05) is 30.3 Å². The zero-order valence-electron chi connectivity index (χ0n) is 13.5. The van der Waals surface area contributed by atoms with Crippen molar-refractivity contribution in [2.75, 3.05) is 13.1 Å². The number of benzene rings is 1. The van der Waals surface area contributed by atoms with E-state index in [2.05, 4.69) is 16.3 Å². The summed E-state index contributed by atoms with van der Waals surface area (Å²) >= 11 is 1.72. The molecule has 128 valence electrons. The van der Waals surface area contributed by atoms with Gasteiger partial charge in [-0.15, -0.1) is 11.3 Å². The Morgan fingerprint density at radius 2 is 2.08 bits per heavy atom. The van der Waals surface area contributed by atoms with E-state index in [0.717, 1.165) is 30.0 Å². The fourth-order valence-corrected chi connectivity index (χ4v) is 7.01. The van der Waals surface area contributed by atoms with Crippen molar-refractivity contribution in [3.05, 3.63) is 64.5 Å². The second-order valence-electron chi connectivity index (χ2n) is 6.69. The van der Waals surface area contributed by atoms with Gasteiger partial charge in [-0.05, 0) is 47.3 Å². The lowest BCUT2D eigenvalue weighted by atomic mass is 9.96. The zero-order valence-corrected chi connectivity index (χ0v) is 15.1. The van der Waals surface area contributed by atoms with Crippen LogP contribution in [-0.2, 0) is 16.4 Å². The molecule has 0 N–H and O–H groups in total. The third-order valence-corrected chi connectivity index (χ3v) is 8.34. The summed E-state index contributed by atoms with van der Waals surface area (Å²) in [7, 11) is -3.25. The van der Waals surface area contributed by atoms with E-state index in [1.165, 1.54) is 4.88 Å². The second kappa shape index (κ2) is 5.56. The molecule has 1 aromatic carbocycles. The maximum absolute atomic E-state index is 13.0. The average Bonchev–Trinajstić information content (AvgIpc) is 3.37. The molecule has 6 heteroatoms. The predicted octanol–water partition coefficient (Wildman–Crippen LogP) is 3.76. The molecule has 0 radical (unpaired) electrons. The Morgan fingerprint density at radius 1 is 1.16 bits per heavy atom. The van der Waals surface area contributed by atoms with Gasteiger partial charge in [0.2, 0.25) is 0 Å². The molecule has 0 saturated carbocycles. The molecule has 4 nitrogen and oxygen atoms in total. The topological polar surface area (TPSA) is 50.5 Å². The van der Waals surface area contributed by atoms with E-state index < -0.39 is 9.84 Å². The number of rotatable bonds is 3. The van der Waals surface area contributed by atoms with Crippen molar-refractivity contribution in [3.8, 4) is 11.3 Å². The van der Waals surface area contributed by atoms with E-state index in [-0.39, 0.29) is 11.2 Å². The van der Waals surface area contributed by atoms with Crippen molar-refractivity contribution >= 4 is 21.2 Å². The van der Waals surface area contributed by atoms with Crippen LogP contribution in [0.2, 0.25) is 0 Å². The minimum absolute atomic E-state index is 0.0508. The van der Waals surface area contributed by atoms with E-state index in [0.29, 0.717) is 11.4 Å². The molecule has 2 aliphatic rings. The lowest BCUT2D eigenvalue weighted by Gasteiger charge is -2.16. The van der Waals surface area contributed by atoms with Gasteiger partial charge in [0, 0.05) is 36.0 Å². The van der Waals surface area contributed by atoms with Crippen LogP contribution < -0.4 is 0 Å². The second-order valence-corrected chi connectivity index (χ2v) is 9.86. The Morgan fingerprint density at radius 3 is 2.84 bits per heavy atom. The fourth-order valence-electron chi connectivity index (χ4n) is 4.07. The molecular formula is C19H17NO3S2. The number of furan rings is 1. The van der Waals surface area contributed by atoms with Crippen LogP contribution in [0.1, 0.15) is 16.4 Å². The Kier molecular flexibility index (Phi) is 3.42. The summed E-state index contributed by atoms with van der Waals surface area (Å²) in [6.45, 7) is 2.22. The van der Waals surface area contributed by atoms with E-state index >= 15 is 0 Å². The highest BCUT2D eigenvalue weighted by molar-refractivity contribution is 7.92. The lowest BCUT2D eigenvalue weighted by Crippen LogP contribution is -2.25. The fraction of sp³-hybridized carbons (Fsp3) is 0.263. The Balaban J connectivity index is 1.51. The van der Waals surface area contributed by atoms with E-state index in [9.17, 15) is 8.42 Å². The third kappa shape index (κ3) is 2.39. The van der Waals surface area contributed by atoms with Crippen LogP contribution in [0.15, 0.2) is 63.4 Å². The van der Waals surface area contributed by atoms with Gasteiger partial charge in [0.05, 0.1) is 16.4 Å². The molecule has 2 unspecified atom stereocenters. The number of hydrogen-bond donors (Lipinski definition) is 0. The minimum atomic E-state index is -3.25. The molecule has 1 fully saturated rings. The first-order valence-corrected chi connectivity index (χ1v) is 10.7. The smallest absolute Gasteiger partial charge is 0.183 e. The van der Waals surface area contributed by atoms with Crippen LogP contribution in [0.25, 0.3) is 11.3 Å². The van der Waals surface area contributed by atoms with Crippen molar-refractivity contribution in [3.63, 3.8) is 0 Å². The standard InChI is InChI=1S/C19H17NO3S2/c21-25(22)18-6-5-13(17-4-1-7-23-17)9-15(18)16-11-20(12-19(16)25)10-14-3-2-8-24-14/h1-9,16,19H,10-12H2. The number of fused-ring (bicyclic) bond motifs is 3. The highest BCUT2D eigenvalue weighted by Crippen LogP contribution is 2.46. The van der Waals surface area contributed by atoms with Crippen LogP contribution in [0, 0.1) is 0 Å². The number of thiophene rings is 1. The third-order valence-electron chi connectivity index (χ3n) is 5.22. The van der Waals surface area contributed by atoms with Crippen LogP contribution in [0.5, 0.6) is 0 Å². The molecule has 1 saturated heterocycles. The SMILES string of the molecule is O=S1(=O)c2ccc(-c3ccco3)cc2C2CN(Cc3cccs3)CC21. The van der Waals surface area contributed by atoms with Crippen molar-refractivity contribution in [1.29, 1.82) is 0 Å². The zero-order chi connectivity index (χ0) is 17.0. The summed E-state index contributed by atoms with van der Waals surface area (Å²) in [4.78, 5) is 4.05. The monoisotopic (exact) mass is 371 g/mol. The largest absolute Gasteiger partial charge is 0.464 e. The molecule has 0 aliphatic carbocycles. The molecule has 5 rings (SSSR count). The van der Waals surface area contributed by atoms with Gasteiger partial charge in [0.15, 0.2) is 9.84 Å². The molecule has 0 bridgehead atoms. The number of hydrogen-bond acceptors (Lipinski definition) is 5. The van der Waals surface area contributed by atoms with Crippen molar-refractivity contribution in [1.82, 2.24) is 4.90 Å². The maximum Gasteiger partial charge on any atom is 0.183 e. The highest BCUT2D eigenvalue weighted by Gasteiger charge is 2.50. The first-order chi connectivity index (χ1) is 12.1. The summed E-state index contributed by atoms with van der Waals surface area (Å²) in [6.07, 6.45) is 1.64. The number of nitrogens with zero attached hydrogens (tertiary/aromatic N) is 1. The van der Waals surface area contributed by atoms with Crippen molar-refractivity contribution < 1.29 is 12.8 Å². The molecular weight excluding hydrogens is 354 g/mol. The van der Waals surface area contributed by atoms with Crippen LogP contribution in [0.3, 0.4) is 0 Å². The predicted molar refractivity (Wildman–Crippen MR) is 97.5 cm³/mol. The summed E-state index contributed by atoms with van der Waals surface area (Å²) < 4.78 is 31.4. The summed E-state index contributed by atoms with van der Waals surface area (Å²) in [5, 5.41) is 1.74. The first-order valence-electron chi connectivity index (χ1n) is 8.29. The van der Waals surface area contributed by atoms with E-state index in [4.69, 9.17) is 4.42 Å². The van der Waals surface area contributed by atoms with Crippen LogP contribution >= 0.6 is 11.3 Å². The van der Waals surface area contributed by atoms with Gasteiger partial charge < -0.3 is 4.42 Å². The molecule has 2 aliphatic heterocycles. The lowest BCUT2D eigenvalue weighted by molar-refractivity contribution is 0.328. The highest BCUT2D eigenvalue weighted by atomic mass is 32.2. The minimum Gasteiger partial charge on any atom is -0.464 e. The molecule has 0 spiro atoms. The summed E-state index contributed by atoms with van der Waals surface area (Å²) in [6, 6.07) is 13.5. The first kappa shape index (κ1) is 15.4. The van der Waals surface area contributed by atoms with Crippen LogP contribution in [-0.4, -0.2) is 31.7 Å². The van der Waals surface area contributed by atoms with Gasteiger partial charge in [-0.1, -0.05) is 6.07 Å². The van der Waals surface area contributed by atoms with Gasteiger partial charge in [-0.2, -0.15) is 0 Å². The molecule has 4 heterocycles. The van der Waals surface area contributed by atoms with Gasteiger partial charge in [-0.3, -0.25) is 4.90 Å². The molecule has 2 aromatic heterocycles. The van der Waals surface area contributed by atoms with Gasteiger partial charge >= 0.3 is 0 Å². The van der Waals surface area contributed by atoms with Crippen molar-refractivity contribution in [2.45, 2.75) is 22.6 Å². The molecule has 2 atom stereocenters. The maximum atomic E-state index is 13.0. The van der Waals surface area contributed by atoms with Gasteiger partial charge in [0.1, 0.15) is 5.76 Å². The Bertz CT molecular complexity index is 1010. The van der Waals surface area contributed by atoms with Crippen molar-refractivity contribution in [2.24, 2.45) is 0 Å². The molecule has 0 amide bonds. The number of sulfone groups is 1. The number of likely N-dealkylation sites (tertiary alicyclic amines) is 1. The Hall–Kier alpha value is -1.89. The van der Waals surface area contributed by atoms with Crippen LogP contribution in [0.4, 0.5) is 0 Å².